The van der Waals surface area contributed by atoms with Crippen LogP contribution in [0, 0.1) is 0 Å². The van der Waals surface area contributed by atoms with Gasteiger partial charge in [0.1, 0.15) is 11.7 Å². The van der Waals surface area contributed by atoms with E-state index in [4.69, 9.17) is 31.3 Å². The lowest BCUT2D eigenvalue weighted by Crippen LogP contribution is -2.12. The summed E-state index contributed by atoms with van der Waals surface area (Å²) >= 11 is 3.07. The van der Waals surface area contributed by atoms with Crippen LogP contribution in [0.15, 0.2) is 154 Å². The molecule has 0 radical (unpaired) electrons. The van der Waals surface area contributed by atoms with E-state index in [2.05, 4.69) is 20.6 Å². The van der Waals surface area contributed by atoms with Gasteiger partial charge in [-0.25, -0.2) is 19.6 Å². The Morgan fingerprint density at radius 3 is 1.21 bits per heavy atom. The fraction of sp³-hybridized carbons (Fsp3) is 0. The molecular weight excluding hydrogens is 701 g/mol. The molecule has 4 aromatic carbocycles. The molecule has 52 heavy (non-hydrogen) atoms. The maximum absolute atomic E-state index is 12.2. The number of carboxylic acids is 2. The van der Waals surface area contributed by atoms with Gasteiger partial charge in [0.15, 0.2) is 0 Å². The molecule has 0 aliphatic heterocycles. The van der Waals surface area contributed by atoms with Gasteiger partial charge in [0, 0.05) is 22.5 Å². The highest BCUT2D eigenvalue weighted by Gasteiger charge is 2.08. The fourth-order valence-corrected chi connectivity index (χ4v) is 5.38. The van der Waals surface area contributed by atoms with E-state index in [0.717, 1.165) is 9.75 Å². The molecule has 12 nitrogen and oxygen atoms in total. The first-order chi connectivity index (χ1) is 25.1. The van der Waals surface area contributed by atoms with E-state index < -0.39 is 11.9 Å². The number of nitrogens with one attached hydrogen (secondary N) is 2. The number of hydrogen-bond acceptors (Lipinski definition) is 8. The van der Waals surface area contributed by atoms with Gasteiger partial charge in [-0.1, -0.05) is 60.7 Å². The number of amides is 2. The minimum absolute atomic E-state index is 0.155. The third kappa shape index (κ3) is 12.2. The summed E-state index contributed by atoms with van der Waals surface area (Å²) in [6.45, 7) is 0. The van der Waals surface area contributed by atoms with E-state index in [1.807, 2.05) is 108 Å². The Kier molecular flexibility index (Phi) is 14.1. The molecule has 0 unspecified atom stereocenters. The summed E-state index contributed by atoms with van der Waals surface area (Å²) in [7, 11) is 0. The van der Waals surface area contributed by atoms with Crippen molar-refractivity contribution in [1.29, 1.82) is 0 Å². The highest BCUT2D eigenvalue weighted by molar-refractivity contribution is 7.12. The predicted molar refractivity (Wildman–Crippen MR) is 206 cm³/mol. The number of carbonyl (C=O) groups excluding carboxylic acids is 2. The second-order valence-corrected chi connectivity index (χ2v) is 12.2. The van der Waals surface area contributed by atoms with E-state index in [-0.39, 0.29) is 11.8 Å². The molecule has 6 rings (SSSR count). The summed E-state index contributed by atoms with van der Waals surface area (Å²) in [6, 6.07) is 40.4. The van der Waals surface area contributed by atoms with Crippen molar-refractivity contribution in [3.05, 3.63) is 165 Å². The average molecular weight is 733 g/mol. The van der Waals surface area contributed by atoms with Gasteiger partial charge in [0.2, 0.25) is 0 Å². The van der Waals surface area contributed by atoms with Crippen molar-refractivity contribution in [2.45, 2.75) is 0 Å². The van der Waals surface area contributed by atoms with Crippen LogP contribution in [0.5, 0.6) is 0 Å². The molecule has 262 valence electrons. The molecule has 2 aromatic heterocycles. The lowest BCUT2D eigenvalue weighted by atomic mass is 10.2. The molecule has 8 N–H and O–H groups in total. The Labute approximate surface area is 306 Å². The molecule has 0 atom stereocenters. The first-order valence-electron chi connectivity index (χ1n) is 15.2. The number of thiophene rings is 2. The first-order valence-corrected chi connectivity index (χ1v) is 17.0. The molecule has 6 aromatic rings. The van der Waals surface area contributed by atoms with Gasteiger partial charge in [0.25, 0.3) is 11.8 Å². The minimum Gasteiger partial charge on any atom is -0.473 e. The molecule has 0 fully saturated rings. The number of anilines is 2. The standard InChI is InChI=1S/2C18H15N3OS.C2H2O4/c2*19-17(16-10-5-11-23-16)20-14-8-4-9-15(12-14)21-18(22)13-6-2-1-3-7-13;3-1(4)2(5)6/h2*1-12H,(H2,19,20)(H,21,22);(H,3,4)(H,5,6). The predicted octanol–water partition coefficient (Wildman–Crippen LogP) is 7.23. The van der Waals surface area contributed by atoms with Crippen LogP contribution >= 0.6 is 22.7 Å². The van der Waals surface area contributed by atoms with Crippen LogP contribution < -0.4 is 22.1 Å². The fourth-order valence-electron chi connectivity index (χ4n) is 4.13. The average Bonchev–Trinajstić information content (AvgIpc) is 3.90. The third-order valence-corrected chi connectivity index (χ3v) is 8.29. The van der Waals surface area contributed by atoms with Crippen LogP contribution in [0.1, 0.15) is 30.5 Å². The number of aliphatic imine (C=N–C) groups is 2. The maximum Gasteiger partial charge on any atom is 0.414 e. The van der Waals surface area contributed by atoms with Crippen molar-refractivity contribution in [2.24, 2.45) is 21.5 Å². The van der Waals surface area contributed by atoms with Crippen molar-refractivity contribution in [1.82, 2.24) is 0 Å². The molecule has 0 aliphatic rings. The van der Waals surface area contributed by atoms with Crippen molar-refractivity contribution in [3.8, 4) is 0 Å². The lowest BCUT2D eigenvalue weighted by Gasteiger charge is -2.06. The summed E-state index contributed by atoms with van der Waals surface area (Å²) < 4.78 is 0. The zero-order valence-electron chi connectivity index (χ0n) is 27.2. The van der Waals surface area contributed by atoms with E-state index in [0.29, 0.717) is 45.5 Å². The Bertz CT molecular complexity index is 2000. The van der Waals surface area contributed by atoms with Crippen LogP contribution in [0.3, 0.4) is 0 Å². The van der Waals surface area contributed by atoms with E-state index >= 15 is 0 Å². The topological polar surface area (TPSA) is 210 Å². The van der Waals surface area contributed by atoms with Crippen molar-refractivity contribution >= 4 is 80.8 Å². The van der Waals surface area contributed by atoms with Crippen LogP contribution in [-0.2, 0) is 9.59 Å². The number of hydrogen-bond donors (Lipinski definition) is 6. The number of aliphatic carboxylic acids is 2. The number of carboxylic acid groups (broad SMARTS) is 2. The van der Waals surface area contributed by atoms with Crippen molar-refractivity contribution < 1.29 is 29.4 Å². The molecule has 0 saturated heterocycles. The van der Waals surface area contributed by atoms with Crippen molar-refractivity contribution in [2.75, 3.05) is 10.6 Å². The number of amidine groups is 2. The molecule has 0 spiro atoms. The number of benzene rings is 4. The van der Waals surface area contributed by atoms with E-state index in [9.17, 15) is 9.59 Å². The zero-order valence-corrected chi connectivity index (χ0v) is 28.9. The summed E-state index contributed by atoms with van der Waals surface area (Å²) in [4.78, 5) is 53.2. The Balaban J connectivity index is 0.000000202. The van der Waals surface area contributed by atoms with Crippen molar-refractivity contribution in [3.63, 3.8) is 0 Å². The number of rotatable bonds is 8. The molecule has 14 heteroatoms. The molecule has 0 saturated carbocycles. The van der Waals surface area contributed by atoms with Crippen LogP contribution in [0.25, 0.3) is 0 Å². The number of nitrogens with zero attached hydrogens (tertiary/aromatic N) is 2. The normalized spacial score (nSPS) is 10.8. The molecular formula is C38H32N6O6S2. The first kappa shape index (κ1) is 37.9. The van der Waals surface area contributed by atoms with Gasteiger partial charge in [-0.15, -0.1) is 22.7 Å². The summed E-state index contributed by atoms with van der Waals surface area (Å²) in [5.74, 6) is -3.03. The second-order valence-electron chi connectivity index (χ2n) is 10.3. The van der Waals surface area contributed by atoms with Gasteiger partial charge in [-0.05, 0) is 83.6 Å². The van der Waals surface area contributed by atoms with Gasteiger partial charge < -0.3 is 32.3 Å². The number of nitrogens with two attached hydrogens (primary N) is 2. The van der Waals surface area contributed by atoms with E-state index in [1.165, 1.54) is 22.7 Å². The summed E-state index contributed by atoms with van der Waals surface area (Å²) in [5.41, 5.74) is 15.9. The van der Waals surface area contributed by atoms with Crippen LogP contribution in [0.4, 0.5) is 22.7 Å². The molecule has 0 aliphatic carbocycles. The molecule has 0 bridgehead atoms. The Morgan fingerprint density at radius 2 is 0.885 bits per heavy atom. The summed E-state index contributed by atoms with van der Waals surface area (Å²) in [6.07, 6.45) is 0. The SMILES string of the molecule is NC(=Nc1cccc(NC(=O)c2ccccc2)c1)c1cccs1.NC(=Nc1cccc(NC(=O)c2ccccc2)c1)c1cccs1.O=C(O)C(=O)O. The smallest absolute Gasteiger partial charge is 0.414 e. The Hall–Kier alpha value is -6.90. The Morgan fingerprint density at radius 1 is 0.500 bits per heavy atom. The third-order valence-electron chi connectivity index (χ3n) is 6.51. The van der Waals surface area contributed by atoms with Gasteiger partial charge >= 0.3 is 11.9 Å². The van der Waals surface area contributed by atoms with Crippen LogP contribution in [0.2, 0.25) is 0 Å². The largest absolute Gasteiger partial charge is 0.473 e. The molecule has 2 heterocycles. The monoisotopic (exact) mass is 732 g/mol. The summed E-state index contributed by atoms with van der Waals surface area (Å²) in [5, 5.41) is 24.4. The van der Waals surface area contributed by atoms with E-state index in [1.54, 1.807) is 36.4 Å². The van der Waals surface area contributed by atoms with Crippen LogP contribution in [-0.4, -0.2) is 45.6 Å². The quantitative estimate of drug-likeness (QED) is 0.0533. The van der Waals surface area contributed by atoms with Gasteiger partial charge in [0.05, 0.1) is 21.1 Å². The zero-order chi connectivity index (χ0) is 37.3. The minimum atomic E-state index is -1.82. The lowest BCUT2D eigenvalue weighted by molar-refractivity contribution is -0.159. The second kappa shape index (κ2) is 19.3. The highest BCUT2D eigenvalue weighted by Crippen LogP contribution is 2.22. The maximum atomic E-state index is 12.2. The van der Waals surface area contributed by atoms with Gasteiger partial charge in [-0.3, -0.25) is 9.59 Å². The number of carbonyl (C=O) groups is 4. The molecule has 2 amide bonds. The highest BCUT2D eigenvalue weighted by atomic mass is 32.1. The van der Waals surface area contributed by atoms with Gasteiger partial charge in [-0.2, -0.15) is 0 Å².